The van der Waals surface area contributed by atoms with Gasteiger partial charge in [0.25, 0.3) is 11.4 Å². The van der Waals surface area contributed by atoms with Gasteiger partial charge in [0.15, 0.2) is 5.56 Å². The Balaban J connectivity index is 1.89. The monoisotopic (exact) mass is 479 g/mol. The molecule has 3 aromatic rings. The normalized spacial score (nSPS) is 13.9. The first-order chi connectivity index (χ1) is 16.9. The highest BCUT2D eigenvalue weighted by Gasteiger charge is 2.32. The third-order valence-corrected chi connectivity index (χ3v) is 5.90. The summed E-state index contributed by atoms with van der Waals surface area (Å²) in [6.45, 7) is 5.66. The molecule has 1 aliphatic rings. The van der Waals surface area contributed by atoms with Crippen LogP contribution >= 0.6 is 0 Å². The van der Waals surface area contributed by atoms with Gasteiger partial charge in [-0.3, -0.25) is 14.4 Å². The zero-order chi connectivity index (χ0) is 25.1. The van der Waals surface area contributed by atoms with Crippen molar-refractivity contribution in [1.29, 1.82) is 0 Å². The molecule has 2 heterocycles. The minimum atomic E-state index is -0.640. The molecule has 0 atom stereocenters. The minimum Gasteiger partial charge on any atom is -0.494 e. The minimum absolute atomic E-state index is 0.0166. The molecule has 1 fully saturated rings. The lowest BCUT2D eigenvalue weighted by molar-refractivity contribution is 0.357. The van der Waals surface area contributed by atoms with Gasteiger partial charge in [-0.25, -0.2) is 0 Å². The molecule has 2 aromatic heterocycles. The summed E-state index contributed by atoms with van der Waals surface area (Å²) in [5.41, 5.74) is 1.25. The quantitative estimate of drug-likeness (QED) is 0.477. The number of aliphatic imine (C=N–C) groups is 1. The van der Waals surface area contributed by atoms with Gasteiger partial charge in [0.05, 0.1) is 20.6 Å². The molecule has 1 aromatic carbocycles. The summed E-state index contributed by atoms with van der Waals surface area (Å²) in [7, 11) is 3.05. The predicted molar refractivity (Wildman–Crippen MR) is 131 cm³/mol. The van der Waals surface area contributed by atoms with E-state index in [9.17, 15) is 9.90 Å². The number of aromatic hydroxyl groups is 1. The Bertz CT molecular complexity index is 1320. The third-order valence-electron chi connectivity index (χ3n) is 5.90. The molecule has 0 aliphatic heterocycles. The number of ether oxygens (including phenoxy) is 2. The van der Waals surface area contributed by atoms with Gasteiger partial charge < -0.3 is 19.0 Å². The average molecular weight is 480 g/mol. The van der Waals surface area contributed by atoms with Crippen molar-refractivity contribution in [3.63, 3.8) is 0 Å². The highest BCUT2D eigenvalue weighted by Crippen LogP contribution is 2.43. The van der Waals surface area contributed by atoms with E-state index < -0.39 is 5.56 Å². The SMILES string of the molecule is C/C=C(/Cc1nnc(-c2c(O)n(-c3c(OC)cccc3OC)c(C3CCC3)nc2=O)o1)N=C(C)C. The van der Waals surface area contributed by atoms with E-state index in [1.54, 1.807) is 18.2 Å². The zero-order valence-corrected chi connectivity index (χ0v) is 20.5. The number of methoxy groups -OCH3 is 2. The second-order valence-corrected chi connectivity index (χ2v) is 8.46. The number of nitrogens with zero attached hydrogens (tertiary/aromatic N) is 5. The Hall–Kier alpha value is -3.95. The molecular formula is C25H29N5O5. The highest BCUT2D eigenvalue weighted by atomic mass is 16.5. The maximum absolute atomic E-state index is 13.1. The molecule has 1 saturated carbocycles. The standard InChI is InChI=1S/C25H29N5O5/c1-6-16(26-14(2)3)13-19-28-29-24(35-19)20-23(31)27-22(15-9-7-10-15)30(25(20)32)21-17(33-4)11-8-12-18(21)34-5/h6,8,11-12,15,32H,7,9-10,13H2,1-5H3/b16-6-. The number of hydrogen-bond donors (Lipinski definition) is 1. The summed E-state index contributed by atoms with van der Waals surface area (Å²) in [6.07, 6.45) is 4.88. The molecule has 0 spiro atoms. The van der Waals surface area contributed by atoms with Crippen LogP contribution in [0.2, 0.25) is 0 Å². The van der Waals surface area contributed by atoms with Crippen LogP contribution in [0.3, 0.4) is 0 Å². The van der Waals surface area contributed by atoms with E-state index in [2.05, 4.69) is 20.2 Å². The van der Waals surface area contributed by atoms with E-state index in [1.807, 2.05) is 26.8 Å². The second kappa shape index (κ2) is 10.1. The highest BCUT2D eigenvalue weighted by molar-refractivity contribution is 5.80. The third kappa shape index (κ3) is 4.68. The molecule has 0 saturated heterocycles. The lowest BCUT2D eigenvalue weighted by Gasteiger charge is -2.29. The first kappa shape index (κ1) is 24.2. The van der Waals surface area contributed by atoms with Crippen LogP contribution in [-0.2, 0) is 6.42 Å². The van der Waals surface area contributed by atoms with Crippen molar-refractivity contribution in [1.82, 2.24) is 19.7 Å². The Kier molecular flexibility index (Phi) is 6.99. The van der Waals surface area contributed by atoms with E-state index in [0.717, 1.165) is 30.7 Å². The first-order valence-corrected chi connectivity index (χ1v) is 11.4. The summed E-state index contributed by atoms with van der Waals surface area (Å²) in [6, 6.07) is 5.28. The predicted octanol–water partition coefficient (Wildman–Crippen LogP) is 4.20. The van der Waals surface area contributed by atoms with Gasteiger partial charge in [-0.2, -0.15) is 4.98 Å². The largest absolute Gasteiger partial charge is 0.494 e. The molecule has 10 heteroatoms. The van der Waals surface area contributed by atoms with Crippen molar-refractivity contribution < 1.29 is 19.0 Å². The topological polar surface area (TPSA) is 125 Å². The Morgan fingerprint density at radius 1 is 1.23 bits per heavy atom. The number of para-hydroxylation sites is 1. The van der Waals surface area contributed by atoms with Gasteiger partial charge >= 0.3 is 0 Å². The fourth-order valence-electron chi connectivity index (χ4n) is 4.00. The molecule has 0 radical (unpaired) electrons. The van der Waals surface area contributed by atoms with E-state index in [4.69, 9.17) is 13.9 Å². The van der Waals surface area contributed by atoms with Crippen LogP contribution in [0.4, 0.5) is 0 Å². The molecule has 0 unspecified atom stereocenters. The average Bonchev–Trinajstić information content (AvgIpc) is 3.24. The van der Waals surface area contributed by atoms with Gasteiger partial charge in [-0.1, -0.05) is 18.6 Å². The van der Waals surface area contributed by atoms with Crippen LogP contribution in [0.25, 0.3) is 17.1 Å². The number of rotatable bonds is 8. The maximum Gasteiger partial charge on any atom is 0.289 e. The lowest BCUT2D eigenvalue weighted by atomic mass is 9.84. The molecule has 0 amide bonds. The molecule has 0 bridgehead atoms. The van der Waals surface area contributed by atoms with Crippen LogP contribution in [0.1, 0.15) is 57.7 Å². The maximum atomic E-state index is 13.1. The summed E-state index contributed by atoms with van der Waals surface area (Å²) in [5.74, 6) is 1.14. The summed E-state index contributed by atoms with van der Waals surface area (Å²) in [5, 5.41) is 19.6. The van der Waals surface area contributed by atoms with E-state index in [1.165, 1.54) is 18.8 Å². The van der Waals surface area contributed by atoms with Crippen molar-refractivity contribution in [2.75, 3.05) is 14.2 Å². The van der Waals surface area contributed by atoms with Crippen LogP contribution in [-0.4, -0.2) is 44.8 Å². The number of hydrogen-bond acceptors (Lipinski definition) is 9. The van der Waals surface area contributed by atoms with E-state index >= 15 is 0 Å². The fourth-order valence-corrected chi connectivity index (χ4v) is 4.00. The Morgan fingerprint density at radius 3 is 2.46 bits per heavy atom. The van der Waals surface area contributed by atoms with Crippen molar-refractivity contribution in [3.8, 4) is 34.5 Å². The summed E-state index contributed by atoms with van der Waals surface area (Å²) in [4.78, 5) is 21.9. The number of aromatic nitrogens is 4. The van der Waals surface area contributed by atoms with Crippen LogP contribution in [0, 0.1) is 0 Å². The van der Waals surface area contributed by atoms with Crippen molar-refractivity contribution in [2.24, 2.45) is 4.99 Å². The lowest BCUT2D eigenvalue weighted by Crippen LogP contribution is -2.25. The molecule has 35 heavy (non-hydrogen) atoms. The Morgan fingerprint density at radius 2 is 1.91 bits per heavy atom. The van der Waals surface area contributed by atoms with Gasteiger partial charge in [-0.15, -0.1) is 10.2 Å². The van der Waals surface area contributed by atoms with Crippen molar-refractivity contribution in [3.05, 3.63) is 52.0 Å². The van der Waals surface area contributed by atoms with Crippen molar-refractivity contribution >= 4 is 5.71 Å². The molecule has 1 aliphatic carbocycles. The van der Waals surface area contributed by atoms with E-state index in [-0.39, 0.29) is 35.6 Å². The molecule has 184 valence electrons. The summed E-state index contributed by atoms with van der Waals surface area (Å²) >= 11 is 0. The fraction of sp³-hybridized carbons (Fsp3) is 0.400. The van der Waals surface area contributed by atoms with E-state index in [0.29, 0.717) is 23.0 Å². The van der Waals surface area contributed by atoms with Gasteiger partial charge in [0.1, 0.15) is 23.0 Å². The molecular weight excluding hydrogens is 450 g/mol. The zero-order valence-electron chi connectivity index (χ0n) is 20.5. The Labute approximate surface area is 203 Å². The molecule has 10 nitrogen and oxygen atoms in total. The van der Waals surface area contributed by atoms with Gasteiger partial charge in [0.2, 0.25) is 11.8 Å². The number of benzene rings is 1. The molecule has 4 rings (SSSR count). The van der Waals surface area contributed by atoms with Crippen LogP contribution in [0.15, 0.2) is 44.2 Å². The van der Waals surface area contributed by atoms with Crippen LogP contribution < -0.4 is 15.0 Å². The number of allylic oxidation sites excluding steroid dienone is 2. The van der Waals surface area contributed by atoms with Gasteiger partial charge in [0, 0.05) is 17.3 Å². The first-order valence-electron chi connectivity index (χ1n) is 11.4. The molecule has 1 N–H and O–H groups in total. The van der Waals surface area contributed by atoms with Crippen LogP contribution in [0.5, 0.6) is 17.4 Å². The van der Waals surface area contributed by atoms with Crippen molar-refractivity contribution in [2.45, 2.75) is 52.4 Å². The second-order valence-electron chi connectivity index (χ2n) is 8.46. The summed E-state index contributed by atoms with van der Waals surface area (Å²) < 4.78 is 18.4. The smallest absolute Gasteiger partial charge is 0.289 e. The van der Waals surface area contributed by atoms with Gasteiger partial charge in [-0.05, 0) is 45.7 Å².